The van der Waals surface area contributed by atoms with Crippen LogP contribution in [0.5, 0.6) is 11.5 Å². The monoisotopic (exact) mass is 456 g/mol. The number of aryl methyl sites for hydroxylation is 2. The van der Waals surface area contributed by atoms with Gasteiger partial charge >= 0.3 is 5.97 Å². The summed E-state index contributed by atoms with van der Waals surface area (Å²) >= 11 is 0. The molecule has 0 amide bonds. The number of rotatable bonds is 7. The van der Waals surface area contributed by atoms with Crippen molar-refractivity contribution < 1.29 is 14.3 Å². The first kappa shape index (κ1) is 24.1. The number of esters is 1. The quantitative estimate of drug-likeness (QED) is 0.267. The van der Waals surface area contributed by atoms with Crippen molar-refractivity contribution in [2.45, 2.75) is 77.7 Å². The molecular formula is C31H36O3. The minimum atomic E-state index is -0.323. The fraction of sp³-hybridized carbons (Fsp3) is 0.387. The first-order valence-corrected chi connectivity index (χ1v) is 12.6. The van der Waals surface area contributed by atoms with Gasteiger partial charge in [-0.05, 0) is 86.6 Å². The molecular weight excluding hydrogens is 420 g/mol. The molecule has 3 aromatic carbocycles. The fourth-order valence-corrected chi connectivity index (χ4v) is 5.07. The summed E-state index contributed by atoms with van der Waals surface area (Å²) in [4.78, 5) is 12.6. The third kappa shape index (κ3) is 5.04. The second kappa shape index (κ2) is 10.5. The highest BCUT2D eigenvalue weighted by molar-refractivity contribution is 5.91. The maximum atomic E-state index is 12.6. The Balaban J connectivity index is 1.65. The summed E-state index contributed by atoms with van der Waals surface area (Å²) in [7, 11) is 0. The van der Waals surface area contributed by atoms with Gasteiger partial charge in [-0.2, -0.15) is 0 Å². The highest BCUT2D eigenvalue weighted by atomic mass is 16.5. The molecule has 0 aromatic heterocycles. The molecule has 3 heteroatoms. The minimum Gasteiger partial charge on any atom is -0.490 e. The predicted octanol–water partition coefficient (Wildman–Crippen LogP) is 7.95. The molecule has 1 aliphatic carbocycles. The molecule has 1 aliphatic rings. The Morgan fingerprint density at radius 3 is 2.00 bits per heavy atom. The van der Waals surface area contributed by atoms with Gasteiger partial charge in [0.25, 0.3) is 0 Å². The van der Waals surface area contributed by atoms with Crippen LogP contribution in [-0.2, 0) is 5.41 Å². The third-order valence-electron chi connectivity index (χ3n) is 7.28. The number of carbonyl (C=O) groups is 1. The molecule has 0 bridgehead atoms. The zero-order chi connectivity index (χ0) is 24.1. The second-order valence-electron chi connectivity index (χ2n) is 9.70. The van der Waals surface area contributed by atoms with E-state index < -0.39 is 0 Å². The van der Waals surface area contributed by atoms with E-state index in [0.717, 1.165) is 30.6 Å². The van der Waals surface area contributed by atoms with E-state index >= 15 is 0 Å². The molecule has 34 heavy (non-hydrogen) atoms. The summed E-state index contributed by atoms with van der Waals surface area (Å²) in [6, 6.07) is 22.2. The maximum absolute atomic E-state index is 12.6. The molecule has 0 saturated heterocycles. The third-order valence-corrected chi connectivity index (χ3v) is 7.28. The molecule has 1 unspecified atom stereocenters. The van der Waals surface area contributed by atoms with Crippen LogP contribution in [-0.4, -0.2) is 12.1 Å². The molecule has 1 fully saturated rings. The van der Waals surface area contributed by atoms with E-state index in [1.54, 1.807) is 12.1 Å². The smallest absolute Gasteiger partial charge is 0.343 e. The molecule has 1 saturated carbocycles. The maximum Gasteiger partial charge on any atom is 0.343 e. The largest absolute Gasteiger partial charge is 0.490 e. The van der Waals surface area contributed by atoms with Crippen molar-refractivity contribution in [3.05, 3.63) is 94.5 Å². The van der Waals surface area contributed by atoms with Gasteiger partial charge in [-0.1, -0.05) is 68.7 Å². The summed E-state index contributed by atoms with van der Waals surface area (Å²) in [5.41, 5.74) is 5.37. The summed E-state index contributed by atoms with van der Waals surface area (Å²) in [5.74, 6) is 1.27. The summed E-state index contributed by atoms with van der Waals surface area (Å²) < 4.78 is 11.9. The standard InChI is InChI=1S/C31H36O3/c1-5-24(4)33-28-16-14-26(20-22(28)2)31(18-10-7-11-19-31)27-15-17-29(23(3)21-27)34-30(32)25-12-8-6-9-13-25/h6,8-9,12-17,20-21,24H,5,7,10-11,18-19H2,1-4H3. The van der Waals surface area contributed by atoms with E-state index in [4.69, 9.17) is 9.47 Å². The molecule has 3 aromatic rings. The van der Waals surface area contributed by atoms with Crippen molar-refractivity contribution in [3.8, 4) is 11.5 Å². The molecule has 0 aliphatic heterocycles. The number of hydrogen-bond donors (Lipinski definition) is 0. The van der Waals surface area contributed by atoms with Crippen molar-refractivity contribution in [2.75, 3.05) is 0 Å². The zero-order valence-corrected chi connectivity index (χ0v) is 20.9. The van der Waals surface area contributed by atoms with Crippen molar-refractivity contribution >= 4 is 5.97 Å². The van der Waals surface area contributed by atoms with Gasteiger partial charge in [0, 0.05) is 5.41 Å². The van der Waals surface area contributed by atoms with Gasteiger partial charge in [-0.25, -0.2) is 4.79 Å². The Labute approximate surface area is 204 Å². The SMILES string of the molecule is CCC(C)Oc1ccc(C2(c3ccc(OC(=O)c4ccccc4)c(C)c3)CCCCC2)cc1C. The van der Waals surface area contributed by atoms with Crippen LogP contribution >= 0.6 is 0 Å². The Hall–Kier alpha value is -3.07. The number of ether oxygens (including phenoxy) is 2. The molecule has 0 heterocycles. The van der Waals surface area contributed by atoms with Crippen LogP contribution in [0.1, 0.15) is 85.0 Å². The second-order valence-corrected chi connectivity index (χ2v) is 9.70. The number of hydrogen-bond acceptors (Lipinski definition) is 3. The van der Waals surface area contributed by atoms with Crippen LogP contribution in [0.25, 0.3) is 0 Å². The molecule has 0 radical (unpaired) electrons. The summed E-state index contributed by atoms with van der Waals surface area (Å²) in [6.07, 6.45) is 7.16. The van der Waals surface area contributed by atoms with E-state index in [1.165, 1.54) is 36.0 Å². The van der Waals surface area contributed by atoms with Gasteiger partial charge in [-0.3, -0.25) is 0 Å². The molecule has 0 N–H and O–H groups in total. The van der Waals surface area contributed by atoms with E-state index in [2.05, 4.69) is 51.1 Å². The predicted molar refractivity (Wildman–Crippen MR) is 138 cm³/mol. The van der Waals surface area contributed by atoms with Gasteiger partial charge in [0.05, 0.1) is 11.7 Å². The van der Waals surface area contributed by atoms with E-state index in [0.29, 0.717) is 11.3 Å². The van der Waals surface area contributed by atoms with Crippen molar-refractivity contribution in [1.29, 1.82) is 0 Å². The molecule has 0 spiro atoms. The lowest BCUT2D eigenvalue weighted by Crippen LogP contribution is -2.30. The topological polar surface area (TPSA) is 35.5 Å². The van der Waals surface area contributed by atoms with Gasteiger partial charge in [-0.15, -0.1) is 0 Å². The minimum absolute atomic E-state index is 0.0232. The summed E-state index contributed by atoms with van der Waals surface area (Å²) in [5, 5.41) is 0. The highest BCUT2D eigenvalue weighted by Crippen LogP contribution is 2.46. The van der Waals surface area contributed by atoms with E-state index in [1.807, 2.05) is 31.2 Å². The average molecular weight is 457 g/mol. The zero-order valence-electron chi connectivity index (χ0n) is 20.9. The normalized spacial score (nSPS) is 16.0. The first-order chi connectivity index (χ1) is 16.4. The van der Waals surface area contributed by atoms with Crippen LogP contribution in [0.3, 0.4) is 0 Å². The van der Waals surface area contributed by atoms with Crippen LogP contribution < -0.4 is 9.47 Å². The van der Waals surface area contributed by atoms with Crippen molar-refractivity contribution in [3.63, 3.8) is 0 Å². The highest BCUT2D eigenvalue weighted by Gasteiger charge is 2.36. The Bertz CT molecular complexity index is 1130. The fourth-order valence-electron chi connectivity index (χ4n) is 5.07. The Kier molecular flexibility index (Phi) is 7.41. The average Bonchev–Trinajstić information content (AvgIpc) is 2.87. The number of carbonyl (C=O) groups excluding carboxylic acids is 1. The summed E-state index contributed by atoms with van der Waals surface area (Å²) in [6.45, 7) is 8.44. The molecule has 3 nitrogen and oxygen atoms in total. The molecule has 1 atom stereocenters. The Morgan fingerprint density at radius 2 is 1.44 bits per heavy atom. The van der Waals surface area contributed by atoms with Gasteiger partial charge in [0.2, 0.25) is 0 Å². The van der Waals surface area contributed by atoms with Crippen molar-refractivity contribution in [1.82, 2.24) is 0 Å². The lowest BCUT2D eigenvalue weighted by atomic mass is 9.65. The molecule has 4 rings (SSSR count). The van der Waals surface area contributed by atoms with Crippen LogP contribution in [0.2, 0.25) is 0 Å². The lowest BCUT2D eigenvalue weighted by molar-refractivity contribution is 0.0733. The first-order valence-electron chi connectivity index (χ1n) is 12.6. The van der Waals surface area contributed by atoms with Gasteiger partial charge < -0.3 is 9.47 Å². The lowest BCUT2D eigenvalue weighted by Gasteiger charge is -2.39. The Morgan fingerprint density at radius 1 is 0.853 bits per heavy atom. The van der Waals surface area contributed by atoms with Crippen LogP contribution in [0, 0.1) is 13.8 Å². The van der Waals surface area contributed by atoms with Crippen LogP contribution in [0.15, 0.2) is 66.7 Å². The van der Waals surface area contributed by atoms with E-state index in [-0.39, 0.29) is 17.5 Å². The van der Waals surface area contributed by atoms with Crippen LogP contribution in [0.4, 0.5) is 0 Å². The van der Waals surface area contributed by atoms with E-state index in [9.17, 15) is 4.79 Å². The number of benzene rings is 3. The van der Waals surface area contributed by atoms with Gasteiger partial charge in [0.15, 0.2) is 0 Å². The molecule has 178 valence electrons. The van der Waals surface area contributed by atoms with Gasteiger partial charge in [0.1, 0.15) is 11.5 Å². The van der Waals surface area contributed by atoms with Crippen molar-refractivity contribution in [2.24, 2.45) is 0 Å².